The minimum atomic E-state index is -0.238. The first-order valence-corrected chi connectivity index (χ1v) is 9.54. The van der Waals surface area contributed by atoms with Gasteiger partial charge in [-0.05, 0) is 34.4 Å². The van der Waals surface area contributed by atoms with Crippen LogP contribution in [0.4, 0.5) is 10.5 Å². The zero-order valence-corrected chi connectivity index (χ0v) is 16.0. The molecule has 2 amide bonds. The SMILES string of the molecule is Cn1ccnc1-c1cccc(NC(=O)NC2c3ccccc3-c3ccccc32)c1. The Kier molecular flexibility index (Phi) is 4.13. The van der Waals surface area contributed by atoms with E-state index in [1.54, 1.807) is 6.20 Å². The van der Waals surface area contributed by atoms with Crippen molar-refractivity contribution in [3.63, 3.8) is 0 Å². The summed E-state index contributed by atoms with van der Waals surface area (Å²) in [5, 5.41) is 6.10. The van der Waals surface area contributed by atoms with Gasteiger partial charge in [-0.3, -0.25) is 0 Å². The Hall–Kier alpha value is -3.86. The number of hydrogen-bond donors (Lipinski definition) is 2. The number of carbonyl (C=O) groups is 1. The van der Waals surface area contributed by atoms with E-state index >= 15 is 0 Å². The first kappa shape index (κ1) is 17.3. The van der Waals surface area contributed by atoms with Crippen LogP contribution < -0.4 is 10.6 Å². The van der Waals surface area contributed by atoms with Crippen molar-refractivity contribution in [3.8, 4) is 22.5 Å². The zero-order chi connectivity index (χ0) is 19.8. The van der Waals surface area contributed by atoms with Crippen LogP contribution in [-0.2, 0) is 7.05 Å². The summed E-state index contributed by atoms with van der Waals surface area (Å²) in [5.41, 5.74) is 6.25. The molecule has 1 aromatic heterocycles. The Labute approximate surface area is 169 Å². The maximum Gasteiger partial charge on any atom is 0.319 e. The Morgan fingerprint density at radius 3 is 2.28 bits per heavy atom. The lowest BCUT2D eigenvalue weighted by molar-refractivity contribution is 0.250. The number of hydrogen-bond acceptors (Lipinski definition) is 2. The lowest BCUT2D eigenvalue weighted by atomic mass is 10.1. The highest BCUT2D eigenvalue weighted by Crippen LogP contribution is 2.43. The highest BCUT2D eigenvalue weighted by molar-refractivity contribution is 5.92. The molecular formula is C24H20N4O. The van der Waals surface area contributed by atoms with Gasteiger partial charge in [0, 0.05) is 30.7 Å². The van der Waals surface area contributed by atoms with Gasteiger partial charge in [-0.1, -0.05) is 60.7 Å². The predicted molar refractivity (Wildman–Crippen MR) is 115 cm³/mol. The van der Waals surface area contributed by atoms with Crippen molar-refractivity contribution < 1.29 is 4.79 Å². The summed E-state index contributed by atoms with van der Waals surface area (Å²) >= 11 is 0. The van der Waals surface area contributed by atoms with Crippen molar-refractivity contribution in [1.29, 1.82) is 0 Å². The second-order valence-corrected chi connectivity index (χ2v) is 7.15. The molecule has 1 heterocycles. The topological polar surface area (TPSA) is 59.0 Å². The molecule has 0 atom stereocenters. The molecule has 1 aliphatic rings. The molecule has 5 rings (SSSR count). The fourth-order valence-electron chi connectivity index (χ4n) is 3.99. The maximum atomic E-state index is 12.8. The number of carbonyl (C=O) groups excluding carboxylic acids is 1. The second-order valence-electron chi connectivity index (χ2n) is 7.15. The van der Waals surface area contributed by atoms with Gasteiger partial charge in [0.05, 0.1) is 6.04 Å². The smallest absolute Gasteiger partial charge is 0.319 e. The maximum absolute atomic E-state index is 12.8. The summed E-state index contributed by atoms with van der Waals surface area (Å²) in [7, 11) is 1.95. The third-order valence-corrected chi connectivity index (χ3v) is 5.31. The van der Waals surface area contributed by atoms with Gasteiger partial charge < -0.3 is 15.2 Å². The average molecular weight is 380 g/mol. The van der Waals surface area contributed by atoms with Crippen LogP contribution in [0, 0.1) is 0 Å². The lowest BCUT2D eigenvalue weighted by Crippen LogP contribution is -2.32. The second kappa shape index (κ2) is 6.95. The van der Waals surface area contributed by atoms with Gasteiger partial charge in [-0.25, -0.2) is 9.78 Å². The first-order valence-electron chi connectivity index (χ1n) is 9.54. The molecule has 0 unspecified atom stereocenters. The van der Waals surface area contributed by atoms with E-state index < -0.39 is 0 Å². The number of rotatable bonds is 3. The van der Waals surface area contributed by atoms with E-state index in [9.17, 15) is 4.79 Å². The Morgan fingerprint density at radius 1 is 0.931 bits per heavy atom. The van der Waals surface area contributed by atoms with Crippen molar-refractivity contribution in [1.82, 2.24) is 14.9 Å². The quantitative estimate of drug-likeness (QED) is 0.527. The molecule has 2 N–H and O–H groups in total. The van der Waals surface area contributed by atoms with E-state index in [-0.39, 0.29) is 12.1 Å². The molecule has 0 spiro atoms. The molecule has 1 aliphatic carbocycles. The van der Waals surface area contributed by atoms with Crippen molar-refractivity contribution in [3.05, 3.63) is 96.3 Å². The molecular weight excluding hydrogens is 360 g/mol. The standard InChI is InChI=1S/C24H20N4O/c1-28-14-13-25-23(28)16-7-6-8-17(15-16)26-24(29)27-22-20-11-4-2-9-18(20)19-10-3-5-12-21(19)22/h2-15,22H,1H3,(H2,26,27,29). The summed E-state index contributed by atoms with van der Waals surface area (Å²) in [6.45, 7) is 0. The molecule has 0 bridgehead atoms. The summed E-state index contributed by atoms with van der Waals surface area (Å²) in [4.78, 5) is 17.2. The number of fused-ring (bicyclic) bond motifs is 3. The van der Waals surface area contributed by atoms with Crippen molar-refractivity contribution >= 4 is 11.7 Å². The molecule has 0 saturated carbocycles. The molecule has 0 radical (unpaired) electrons. The molecule has 29 heavy (non-hydrogen) atoms. The molecule has 5 heteroatoms. The molecule has 0 saturated heterocycles. The number of aryl methyl sites for hydroxylation is 1. The highest BCUT2D eigenvalue weighted by Gasteiger charge is 2.29. The summed E-state index contributed by atoms with van der Waals surface area (Å²) < 4.78 is 1.95. The molecule has 3 aromatic carbocycles. The van der Waals surface area contributed by atoms with Crippen LogP contribution in [0.5, 0.6) is 0 Å². The fourth-order valence-corrected chi connectivity index (χ4v) is 3.99. The lowest BCUT2D eigenvalue weighted by Gasteiger charge is -2.17. The number of anilines is 1. The largest absolute Gasteiger partial charge is 0.334 e. The summed E-state index contributed by atoms with van der Waals surface area (Å²) in [6, 6.07) is 23.7. The third-order valence-electron chi connectivity index (χ3n) is 5.31. The van der Waals surface area contributed by atoms with Crippen LogP contribution in [0.15, 0.2) is 85.2 Å². The van der Waals surface area contributed by atoms with Crippen molar-refractivity contribution in [2.45, 2.75) is 6.04 Å². The molecule has 0 fully saturated rings. The van der Waals surface area contributed by atoms with Crippen LogP contribution in [0.3, 0.4) is 0 Å². The van der Waals surface area contributed by atoms with Crippen LogP contribution in [0.2, 0.25) is 0 Å². The molecule has 0 aliphatic heterocycles. The van der Waals surface area contributed by atoms with Crippen LogP contribution in [0.1, 0.15) is 17.2 Å². The predicted octanol–water partition coefficient (Wildman–Crippen LogP) is 4.98. The van der Waals surface area contributed by atoms with Crippen molar-refractivity contribution in [2.75, 3.05) is 5.32 Å². The number of aromatic nitrogens is 2. The fraction of sp³-hybridized carbons (Fsp3) is 0.0833. The van der Waals surface area contributed by atoms with Crippen LogP contribution >= 0.6 is 0 Å². The van der Waals surface area contributed by atoms with Gasteiger partial charge in [0.15, 0.2) is 0 Å². The Balaban J connectivity index is 1.39. The van der Waals surface area contributed by atoms with Gasteiger partial charge in [-0.2, -0.15) is 0 Å². The van der Waals surface area contributed by atoms with E-state index in [0.29, 0.717) is 0 Å². The number of benzene rings is 3. The van der Waals surface area contributed by atoms with Gasteiger partial charge in [0.2, 0.25) is 0 Å². The number of urea groups is 1. The van der Waals surface area contributed by atoms with E-state index in [4.69, 9.17) is 0 Å². The first-order chi connectivity index (χ1) is 14.2. The summed E-state index contributed by atoms with van der Waals surface area (Å²) in [5.74, 6) is 0.854. The van der Waals surface area contributed by atoms with Gasteiger partial charge >= 0.3 is 6.03 Å². The highest BCUT2D eigenvalue weighted by atomic mass is 16.2. The number of amides is 2. The van der Waals surface area contributed by atoms with Crippen LogP contribution in [-0.4, -0.2) is 15.6 Å². The van der Waals surface area contributed by atoms with Crippen molar-refractivity contribution in [2.24, 2.45) is 7.05 Å². The minimum absolute atomic E-state index is 0.167. The molecule has 5 nitrogen and oxygen atoms in total. The van der Waals surface area contributed by atoms with Crippen LogP contribution in [0.25, 0.3) is 22.5 Å². The monoisotopic (exact) mass is 380 g/mol. The normalized spacial score (nSPS) is 12.3. The van der Waals surface area contributed by atoms with E-state index in [0.717, 1.165) is 28.2 Å². The van der Waals surface area contributed by atoms with Gasteiger partial charge in [-0.15, -0.1) is 0 Å². The number of nitrogens with one attached hydrogen (secondary N) is 2. The van der Waals surface area contributed by atoms with E-state index in [1.807, 2.05) is 66.3 Å². The van der Waals surface area contributed by atoms with Gasteiger partial charge in [0.1, 0.15) is 5.82 Å². The minimum Gasteiger partial charge on any atom is -0.334 e. The average Bonchev–Trinajstić information content (AvgIpc) is 3.30. The number of imidazole rings is 1. The zero-order valence-electron chi connectivity index (χ0n) is 16.0. The third kappa shape index (κ3) is 3.06. The van der Waals surface area contributed by atoms with E-state index in [2.05, 4.69) is 39.9 Å². The number of nitrogens with zero attached hydrogens (tertiary/aromatic N) is 2. The summed E-state index contributed by atoms with van der Waals surface area (Å²) in [6.07, 6.45) is 3.66. The Morgan fingerprint density at radius 2 is 1.62 bits per heavy atom. The molecule has 4 aromatic rings. The molecule has 142 valence electrons. The van der Waals surface area contributed by atoms with E-state index in [1.165, 1.54) is 11.1 Å². The Bertz CT molecular complexity index is 1170. The van der Waals surface area contributed by atoms with Gasteiger partial charge in [0.25, 0.3) is 0 Å².